The number of anilines is 3. The van der Waals surface area contributed by atoms with Gasteiger partial charge in [-0.15, -0.1) is 0 Å². The third-order valence-electron chi connectivity index (χ3n) is 7.20. The van der Waals surface area contributed by atoms with Gasteiger partial charge < -0.3 is 20.4 Å². The van der Waals surface area contributed by atoms with E-state index in [-0.39, 0.29) is 0 Å². The zero-order chi connectivity index (χ0) is 23.9. The Morgan fingerprint density at radius 2 is 1.62 bits per heavy atom. The van der Waals surface area contributed by atoms with Crippen LogP contribution in [-0.2, 0) is 6.54 Å². The second-order valence-electron chi connectivity index (χ2n) is 9.77. The molecule has 0 spiro atoms. The lowest BCUT2D eigenvalue weighted by Gasteiger charge is -2.30. The van der Waals surface area contributed by atoms with Gasteiger partial charge in [-0.3, -0.25) is 0 Å². The highest BCUT2D eigenvalue weighted by molar-refractivity contribution is 5.93. The third-order valence-corrected chi connectivity index (χ3v) is 7.20. The van der Waals surface area contributed by atoms with Crippen molar-refractivity contribution >= 4 is 28.1 Å². The highest BCUT2D eigenvalue weighted by Gasteiger charge is 2.21. The van der Waals surface area contributed by atoms with Gasteiger partial charge in [0.15, 0.2) is 0 Å². The van der Waals surface area contributed by atoms with Crippen molar-refractivity contribution in [1.29, 1.82) is 0 Å². The summed E-state index contributed by atoms with van der Waals surface area (Å²) in [5, 5.41) is 8.64. The quantitative estimate of drug-likeness (QED) is 0.395. The van der Waals surface area contributed by atoms with Gasteiger partial charge in [-0.2, -0.15) is 0 Å². The van der Waals surface area contributed by atoms with E-state index in [9.17, 15) is 0 Å². The Kier molecular flexibility index (Phi) is 8.28. The molecule has 0 unspecified atom stereocenters. The molecule has 0 aliphatic heterocycles. The number of rotatable bonds is 10. The van der Waals surface area contributed by atoms with E-state index in [0.29, 0.717) is 6.04 Å². The highest BCUT2D eigenvalue weighted by atomic mass is 15.1. The Bertz CT molecular complexity index is 1030. The molecule has 0 atom stereocenters. The number of hydrogen-bond donors (Lipinski definition) is 2. The number of nitrogens with zero attached hydrogens (tertiary/aromatic N) is 3. The van der Waals surface area contributed by atoms with E-state index in [1.165, 1.54) is 48.0 Å². The Hall–Kier alpha value is -2.79. The first-order chi connectivity index (χ1) is 16.6. The molecule has 0 amide bonds. The average Bonchev–Trinajstić information content (AvgIpc) is 2.86. The summed E-state index contributed by atoms with van der Waals surface area (Å²) in [5.41, 5.74) is 4.96. The second-order valence-corrected chi connectivity index (χ2v) is 9.77. The van der Waals surface area contributed by atoms with Gasteiger partial charge in [0, 0.05) is 62.6 Å². The SMILES string of the molecule is CCN(CC)c1ccc(CNC[C@H]2CC[C@@H](Nc3cc(N(C)C)c4ccccc4n3)CC2)cc1. The molecule has 0 bridgehead atoms. The second kappa shape index (κ2) is 11.6. The van der Waals surface area contributed by atoms with Crippen LogP contribution in [0, 0.1) is 5.92 Å². The molecule has 1 aliphatic rings. The maximum absolute atomic E-state index is 4.89. The van der Waals surface area contributed by atoms with Crippen LogP contribution in [0.3, 0.4) is 0 Å². The standard InChI is InChI=1S/C29H41N5/c1-5-34(6-2)25-17-13-23(14-18-25)21-30-20-22-11-15-24(16-12-22)31-29-19-28(33(3)4)26-9-7-8-10-27(26)32-29/h7-10,13-14,17-19,22,24,30H,5-6,11-12,15-16,20-21H2,1-4H3,(H,31,32)/t22-,24+. The fourth-order valence-corrected chi connectivity index (χ4v) is 5.16. The predicted octanol–water partition coefficient (Wildman–Crippen LogP) is 5.91. The van der Waals surface area contributed by atoms with E-state index in [2.05, 4.69) is 103 Å². The van der Waals surface area contributed by atoms with E-state index in [1.807, 2.05) is 0 Å². The van der Waals surface area contributed by atoms with Crippen molar-refractivity contribution in [2.45, 2.75) is 52.1 Å². The van der Waals surface area contributed by atoms with Gasteiger partial charge in [0.1, 0.15) is 5.82 Å². The summed E-state index contributed by atoms with van der Waals surface area (Å²) >= 11 is 0. The topological polar surface area (TPSA) is 43.4 Å². The lowest BCUT2D eigenvalue weighted by Crippen LogP contribution is -2.31. The predicted molar refractivity (Wildman–Crippen MR) is 147 cm³/mol. The molecular weight excluding hydrogens is 418 g/mol. The van der Waals surface area contributed by atoms with Gasteiger partial charge in [0.2, 0.25) is 0 Å². The first kappa shape index (κ1) is 24.3. The molecule has 1 fully saturated rings. The van der Waals surface area contributed by atoms with E-state index < -0.39 is 0 Å². The van der Waals surface area contributed by atoms with Crippen LogP contribution < -0.4 is 20.4 Å². The molecule has 1 aliphatic carbocycles. The van der Waals surface area contributed by atoms with E-state index in [1.54, 1.807) is 0 Å². The summed E-state index contributed by atoms with van der Waals surface area (Å²) in [6.45, 7) is 8.58. The van der Waals surface area contributed by atoms with Gasteiger partial charge in [0.05, 0.1) is 5.52 Å². The van der Waals surface area contributed by atoms with Crippen LogP contribution in [0.4, 0.5) is 17.2 Å². The summed E-state index contributed by atoms with van der Waals surface area (Å²) in [5.74, 6) is 1.76. The Morgan fingerprint density at radius 1 is 0.912 bits per heavy atom. The molecule has 2 aromatic carbocycles. The molecule has 1 aromatic heterocycles. The maximum Gasteiger partial charge on any atom is 0.128 e. The fourth-order valence-electron chi connectivity index (χ4n) is 5.16. The van der Waals surface area contributed by atoms with Crippen LogP contribution >= 0.6 is 0 Å². The maximum atomic E-state index is 4.89. The van der Waals surface area contributed by atoms with Crippen molar-refractivity contribution in [2.24, 2.45) is 5.92 Å². The van der Waals surface area contributed by atoms with E-state index in [0.717, 1.165) is 43.4 Å². The molecule has 5 heteroatoms. The van der Waals surface area contributed by atoms with Gasteiger partial charge in [-0.1, -0.05) is 30.3 Å². The number of fused-ring (bicyclic) bond motifs is 1. The number of aromatic nitrogens is 1. The Morgan fingerprint density at radius 3 is 2.29 bits per heavy atom. The summed E-state index contributed by atoms with van der Waals surface area (Å²) < 4.78 is 0. The van der Waals surface area contributed by atoms with Crippen molar-refractivity contribution in [3.8, 4) is 0 Å². The molecule has 1 saturated carbocycles. The molecule has 2 N–H and O–H groups in total. The van der Waals surface area contributed by atoms with Gasteiger partial charge in [-0.05, 0) is 75.8 Å². The fraction of sp³-hybridized carbons (Fsp3) is 0.483. The molecule has 4 rings (SSSR count). The number of hydrogen-bond acceptors (Lipinski definition) is 5. The first-order valence-electron chi connectivity index (χ1n) is 13.0. The van der Waals surface area contributed by atoms with E-state index in [4.69, 9.17) is 4.98 Å². The normalized spacial score (nSPS) is 18.1. The molecule has 182 valence electrons. The third kappa shape index (κ3) is 6.01. The first-order valence-corrected chi connectivity index (χ1v) is 13.0. The lowest BCUT2D eigenvalue weighted by atomic mass is 9.86. The van der Waals surface area contributed by atoms with Crippen molar-refractivity contribution in [3.63, 3.8) is 0 Å². The van der Waals surface area contributed by atoms with Crippen molar-refractivity contribution in [1.82, 2.24) is 10.3 Å². The average molecular weight is 460 g/mol. The summed E-state index contributed by atoms with van der Waals surface area (Å²) in [7, 11) is 4.20. The zero-order valence-corrected chi connectivity index (χ0v) is 21.3. The van der Waals surface area contributed by atoms with Gasteiger partial charge in [0.25, 0.3) is 0 Å². The summed E-state index contributed by atoms with van der Waals surface area (Å²) in [4.78, 5) is 9.45. The monoisotopic (exact) mass is 459 g/mol. The lowest BCUT2D eigenvalue weighted by molar-refractivity contribution is 0.324. The van der Waals surface area contributed by atoms with Crippen LogP contribution in [0.25, 0.3) is 10.9 Å². The largest absolute Gasteiger partial charge is 0.377 e. The summed E-state index contributed by atoms with van der Waals surface area (Å²) in [6.07, 6.45) is 4.94. The molecule has 34 heavy (non-hydrogen) atoms. The highest BCUT2D eigenvalue weighted by Crippen LogP contribution is 2.30. The Balaban J connectivity index is 1.24. The van der Waals surface area contributed by atoms with Gasteiger partial charge >= 0.3 is 0 Å². The molecule has 3 aromatic rings. The number of nitrogens with one attached hydrogen (secondary N) is 2. The minimum absolute atomic E-state index is 0.507. The number of benzene rings is 2. The van der Waals surface area contributed by atoms with Crippen LogP contribution in [-0.4, -0.2) is 44.8 Å². The zero-order valence-electron chi connectivity index (χ0n) is 21.3. The number of para-hydroxylation sites is 1. The van der Waals surface area contributed by atoms with Gasteiger partial charge in [-0.25, -0.2) is 4.98 Å². The van der Waals surface area contributed by atoms with Crippen LogP contribution in [0.15, 0.2) is 54.6 Å². The van der Waals surface area contributed by atoms with Crippen LogP contribution in [0.1, 0.15) is 45.1 Å². The molecule has 0 saturated heterocycles. The van der Waals surface area contributed by atoms with E-state index >= 15 is 0 Å². The van der Waals surface area contributed by atoms with Crippen LogP contribution in [0.2, 0.25) is 0 Å². The minimum atomic E-state index is 0.507. The molecule has 1 heterocycles. The number of pyridine rings is 1. The summed E-state index contributed by atoms with van der Waals surface area (Å²) in [6, 6.07) is 20.1. The van der Waals surface area contributed by atoms with Crippen molar-refractivity contribution in [3.05, 3.63) is 60.2 Å². The molecule has 5 nitrogen and oxygen atoms in total. The Labute approximate surface area is 205 Å². The smallest absolute Gasteiger partial charge is 0.128 e. The minimum Gasteiger partial charge on any atom is -0.377 e. The van der Waals surface area contributed by atoms with Crippen molar-refractivity contribution in [2.75, 3.05) is 48.8 Å². The molecular formula is C29H41N5. The van der Waals surface area contributed by atoms with Crippen LogP contribution in [0.5, 0.6) is 0 Å². The van der Waals surface area contributed by atoms with Crippen molar-refractivity contribution < 1.29 is 0 Å². The molecule has 0 radical (unpaired) electrons.